The molecular weight excluding hydrogens is 322 g/mol. The summed E-state index contributed by atoms with van der Waals surface area (Å²) in [4.78, 5) is 43.1. The zero-order valence-electron chi connectivity index (χ0n) is 13.8. The molecule has 2 rings (SSSR count). The third-order valence-electron chi connectivity index (χ3n) is 3.58. The summed E-state index contributed by atoms with van der Waals surface area (Å²) in [6.07, 6.45) is 8.52. The minimum Gasteiger partial charge on any atom is -0.467 e. The molecule has 1 aromatic heterocycles. The zero-order chi connectivity index (χ0) is 18.4. The van der Waals surface area contributed by atoms with Crippen molar-refractivity contribution in [2.24, 2.45) is 0 Å². The van der Waals surface area contributed by atoms with Crippen molar-refractivity contribution in [2.45, 2.75) is 19.4 Å². The maximum absolute atomic E-state index is 12.6. The molecule has 1 heterocycles. The van der Waals surface area contributed by atoms with E-state index in [0.717, 1.165) is 0 Å². The van der Waals surface area contributed by atoms with Crippen LogP contribution in [0.3, 0.4) is 0 Å². The van der Waals surface area contributed by atoms with Gasteiger partial charge in [0.1, 0.15) is 6.04 Å². The van der Waals surface area contributed by atoms with Gasteiger partial charge in [-0.05, 0) is 25.1 Å². The molecule has 0 bridgehead atoms. The van der Waals surface area contributed by atoms with Gasteiger partial charge in [-0.15, -0.1) is 6.42 Å². The zero-order valence-corrected chi connectivity index (χ0v) is 13.8. The summed E-state index contributed by atoms with van der Waals surface area (Å²) in [5.41, 5.74) is 1.48. The number of H-pyrrole nitrogens is 1. The van der Waals surface area contributed by atoms with Crippen LogP contribution in [0, 0.1) is 12.3 Å². The van der Waals surface area contributed by atoms with E-state index in [1.54, 1.807) is 12.3 Å². The van der Waals surface area contributed by atoms with Crippen molar-refractivity contribution in [3.8, 4) is 12.3 Å². The Morgan fingerprint density at radius 3 is 2.68 bits per heavy atom. The molecule has 0 unspecified atom stereocenters. The second-order valence-electron chi connectivity index (χ2n) is 5.29. The first-order chi connectivity index (χ1) is 12.0. The molecule has 1 aromatic carbocycles. The number of carbonyl (C=O) groups excluding carboxylic acids is 3. The highest BCUT2D eigenvalue weighted by Crippen LogP contribution is 2.14. The molecule has 0 aliphatic heterocycles. The van der Waals surface area contributed by atoms with Crippen molar-refractivity contribution in [1.29, 1.82) is 0 Å². The Labute approximate surface area is 144 Å². The summed E-state index contributed by atoms with van der Waals surface area (Å²) in [6.45, 7) is 1.34. The summed E-state index contributed by atoms with van der Waals surface area (Å²) in [5, 5.41) is 2.59. The number of amides is 1. The number of Topliss-reactive ketones (excluding diaryl/α,β-unsaturated/α-hetero) is 1. The number of hydrogen-bond acceptors (Lipinski definition) is 5. The number of esters is 1. The van der Waals surface area contributed by atoms with Crippen LogP contribution in [0.4, 0.5) is 0 Å². The fraction of sp³-hybridized carbons (Fsp3) is 0.222. The number of terminal acetylenes is 1. The lowest BCUT2D eigenvalue weighted by Crippen LogP contribution is -2.43. The van der Waals surface area contributed by atoms with E-state index in [0.29, 0.717) is 11.3 Å². The number of hydrogen-bond donors (Lipinski definition) is 2. The van der Waals surface area contributed by atoms with Crippen LogP contribution in [-0.2, 0) is 16.0 Å². The fourth-order valence-electron chi connectivity index (χ4n) is 2.31. The van der Waals surface area contributed by atoms with E-state index in [1.165, 1.54) is 32.5 Å². The van der Waals surface area contributed by atoms with Crippen molar-refractivity contribution in [1.82, 2.24) is 15.3 Å². The van der Waals surface area contributed by atoms with Crippen molar-refractivity contribution < 1.29 is 19.1 Å². The molecule has 0 fully saturated rings. The van der Waals surface area contributed by atoms with E-state index in [1.807, 2.05) is 0 Å². The average molecular weight is 339 g/mol. The molecule has 2 N–H and O–H groups in total. The summed E-state index contributed by atoms with van der Waals surface area (Å²) in [7, 11) is 1.23. The van der Waals surface area contributed by atoms with Crippen LogP contribution in [0.5, 0.6) is 0 Å². The summed E-state index contributed by atoms with van der Waals surface area (Å²) in [5.74, 6) is 0.946. The van der Waals surface area contributed by atoms with Crippen LogP contribution in [0.15, 0.2) is 30.7 Å². The monoisotopic (exact) mass is 339 g/mol. The quantitative estimate of drug-likeness (QED) is 0.466. The molecule has 128 valence electrons. The lowest BCUT2D eigenvalue weighted by molar-refractivity contribution is -0.142. The van der Waals surface area contributed by atoms with Crippen molar-refractivity contribution in [2.75, 3.05) is 7.11 Å². The Morgan fingerprint density at radius 2 is 2.12 bits per heavy atom. The minimum atomic E-state index is -0.926. The maximum Gasteiger partial charge on any atom is 0.328 e. The molecule has 0 saturated heterocycles. The first-order valence-electron chi connectivity index (χ1n) is 7.43. The van der Waals surface area contributed by atoms with E-state index in [2.05, 4.69) is 21.2 Å². The highest BCUT2D eigenvalue weighted by Gasteiger charge is 2.25. The number of nitrogens with one attached hydrogen (secondary N) is 2. The molecule has 0 aliphatic rings. The smallest absolute Gasteiger partial charge is 0.328 e. The Morgan fingerprint density at radius 1 is 1.36 bits per heavy atom. The average Bonchev–Trinajstić information content (AvgIpc) is 3.12. The lowest BCUT2D eigenvalue weighted by Gasteiger charge is -2.17. The third-order valence-corrected chi connectivity index (χ3v) is 3.58. The van der Waals surface area contributed by atoms with Gasteiger partial charge in [-0.2, -0.15) is 0 Å². The molecule has 0 aliphatic carbocycles. The number of aromatic amines is 1. The first kappa shape index (κ1) is 17.9. The van der Waals surface area contributed by atoms with Crippen molar-refractivity contribution >= 4 is 17.7 Å². The van der Waals surface area contributed by atoms with Crippen LogP contribution >= 0.6 is 0 Å². The molecule has 1 atom stereocenters. The van der Waals surface area contributed by atoms with Crippen LogP contribution in [0.2, 0.25) is 0 Å². The van der Waals surface area contributed by atoms with E-state index in [-0.39, 0.29) is 23.3 Å². The third kappa shape index (κ3) is 4.32. The second kappa shape index (κ2) is 7.93. The van der Waals surface area contributed by atoms with E-state index in [4.69, 9.17) is 11.2 Å². The number of carbonyl (C=O) groups is 3. The topological polar surface area (TPSA) is 101 Å². The van der Waals surface area contributed by atoms with Crippen molar-refractivity contribution in [3.05, 3.63) is 53.1 Å². The van der Waals surface area contributed by atoms with E-state index in [9.17, 15) is 14.4 Å². The van der Waals surface area contributed by atoms with Crippen LogP contribution < -0.4 is 5.32 Å². The number of aromatic nitrogens is 2. The molecule has 1 amide bonds. The van der Waals surface area contributed by atoms with Crippen LogP contribution in [0.1, 0.15) is 38.9 Å². The number of methoxy groups -OCH3 is 1. The Kier molecular flexibility index (Phi) is 5.69. The lowest BCUT2D eigenvalue weighted by atomic mass is 10.00. The first-order valence-corrected chi connectivity index (χ1v) is 7.43. The molecule has 2 aromatic rings. The predicted octanol–water partition coefficient (Wildman–Crippen LogP) is 1.11. The van der Waals surface area contributed by atoms with Crippen LogP contribution in [-0.4, -0.2) is 40.8 Å². The summed E-state index contributed by atoms with van der Waals surface area (Å²) < 4.78 is 4.73. The maximum atomic E-state index is 12.6. The number of rotatable bonds is 6. The highest BCUT2D eigenvalue weighted by molar-refractivity contribution is 6.08. The molecule has 7 heteroatoms. The Balaban J connectivity index is 2.27. The van der Waals surface area contributed by atoms with Gasteiger partial charge in [0.2, 0.25) is 0 Å². The van der Waals surface area contributed by atoms with E-state index >= 15 is 0 Å². The van der Waals surface area contributed by atoms with Gasteiger partial charge in [-0.25, -0.2) is 9.78 Å². The SMILES string of the molecule is C#Cc1ccc(C(=O)N[C@H](Cc2cnc[nH]2)C(=O)OC)c(C(C)=O)c1. The van der Waals surface area contributed by atoms with Crippen LogP contribution in [0.25, 0.3) is 0 Å². The largest absolute Gasteiger partial charge is 0.467 e. The van der Waals surface area contributed by atoms with E-state index < -0.39 is 17.9 Å². The molecule has 25 heavy (non-hydrogen) atoms. The number of ether oxygens (including phenoxy) is 1. The number of imidazole rings is 1. The predicted molar refractivity (Wildman–Crippen MR) is 89.9 cm³/mol. The Hall–Kier alpha value is -3.40. The molecule has 7 nitrogen and oxygen atoms in total. The number of nitrogens with zero attached hydrogens (tertiary/aromatic N) is 1. The van der Waals surface area contributed by atoms with Gasteiger partial charge in [0.05, 0.1) is 19.0 Å². The van der Waals surface area contributed by atoms with Gasteiger partial charge in [-0.3, -0.25) is 9.59 Å². The van der Waals surface area contributed by atoms with Gasteiger partial charge in [0.15, 0.2) is 5.78 Å². The summed E-state index contributed by atoms with van der Waals surface area (Å²) in [6, 6.07) is 3.57. The number of ketones is 1. The molecule has 0 radical (unpaired) electrons. The standard InChI is InChI=1S/C18H17N3O4/c1-4-12-5-6-14(15(7-12)11(2)22)17(23)21-16(18(24)25-3)8-13-9-19-10-20-13/h1,5-7,9-10,16H,8H2,2-3H3,(H,19,20)(H,21,23)/t16-/m1/s1. The molecular formula is C18H17N3O4. The minimum absolute atomic E-state index is 0.144. The van der Waals surface area contributed by atoms with Gasteiger partial charge in [0.25, 0.3) is 5.91 Å². The molecule has 0 spiro atoms. The fourth-order valence-corrected chi connectivity index (χ4v) is 2.31. The highest BCUT2D eigenvalue weighted by atomic mass is 16.5. The summed E-state index contributed by atoms with van der Waals surface area (Å²) >= 11 is 0. The van der Waals surface area contributed by atoms with Gasteiger partial charge in [-0.1, -0.05) is 5.92 Å². The van der Waals surface area contributed by atoms with Gasteiger partial charge in [0, 0.05) is 29.4 Å². The van der Waals surface area contributed by atoms with Gasteiger partial charge < -0.3 is 15.0 Å². The normalized spacial score (nSPS) is 11.2. The van der Waals surface area contributed by atoms with Crippen molar-refractivity contribution in [3.63, 3.8) is 0 Å². The Bertz CT molecular complexity index is 835. The molecule has 0 saturated carbocycles. The number of benzene rings is 1. The van der Waals surface area contributed by atoms with Gasteiger partial charge >= 0.3 is 5.97 Å². The second-order valence-corrected chi connectivity index (χ2v) is 5.29.